The van der Waals surface area contributed by atoms with Crippen molar-refractivity contribution in [2.24, 2.45) is 0 Å². The smallest absolute Gasteiger partial charge is 0.318 e. The molecule has 21 heavy (non-hydrogen) atoms. The molecule has 2 amide bonds. The van der Waals surface area contributed by atoms with Gasteiger partial charge in [0.1, 0.15) is 12.4 Å². The number of nitrogens with one attached hydrogen (secondary N) is 1. The van der Waals surface area contributed by atoms with Gasteiger partial charge in [-0.15, -0.1) is 0 Å². The first-order chi connectivity index (χ1) is 9.87. The van der Waals surface area contributed by atoms with Crippen LogP contribution in [0.4, 0.5) is 4.79 Å². The van der Waals surface area contributed by atoms with Crippen LogP contribution in [0, 0.1) is 0 Å². The molecule has 0 saturated carbocycles. The fourth-order valence-electron chi connectivity index (χ4n) is 2.29. The Hall–Kier alpha value is -2.24. The second kappa shape index (κ2) is 6.03. The van der Waals surface area contributed by atoms with Crippen molar-refractivity contribution in [3.8, 4) is 5.75 Å². The van der Waals surface area contributed by atoms with Crippen LogP contribution < -0.4 is 10.1 Å². The first-order valence-corrected chi connectivity index (χ1v) is 6.87. The normalized spacial score (nSPS) is 14.7. The molecular weight excluding hydrogens is 272 g/mol. The number of fused-ring (bicyclic) bond motifs is 1. The molecule has 0 aliphatic carbocycles. The van der Waals surface area contributed by atoms with Crippen LogP contribution in [-0.4, -0.2) is 40.7 Å². The quantitative estimate of drug-likeness (QED) is 0.891. The Balaban J connectivity index is 2.05. The number of rotatable bonds is 3. The van der Waals surface area contributed by atoms with Crippen molar-refractivity contribution >= 4 is 12.0 Å². The van der Waals surface area contributed by atoms with Gasteiger partial charge in [-0.25, -0.2) is 4.79 Å². The third-order valence-corrected chi connectivity index (χ3v) is 3.28. The van der Waals surface area contributed by atoms with Gasteiger partial charge in [-0.3, -0.25) is 4.79 Å². The highest BCUT2D eigenvalue weighted by Gasteiger charge is 2.27. The van der Waals surface area contributed by atoms with E-state index in [1.807, 2.05) is 24.3 Å². The van der Waals surface area contributed by atoms with Crippen LogP contribution in [0.1, 0.15) is 25.8 Å². The second-order valence-corrected chi connectivity index (χ2v) is 5.76. The van der Waals surface area contributed by atoms with E-state index in [1.165, 1.54) is 0 Å². The molecular formula is C15H20N2O4. The molecule has 0 saturated heterocycles. The fourth-order valence-corrected chi connectivity index (χ4v) is 2.29. The molecule has 2 N–H and O–H groups in total. The molecule has 0 fully saturated rings. The predicted molar refractivity (Wildman–Crippen MR) is 77.2 cm³/mol. The molecule has 0 radical (unpaired) electrons. The predicted octanol–water partition coefficient (Wildman–Crippen LogP) is 1.84. The highest BCUT2D eigenvalue weighted by atomic mass is 16.5. The lowest BCUT2D eigenvalue weighted by atomic mass is 10.0. The molecule has 1 aromatic carbocycles. The maximum Gasteiger partial charge on any atom is 0.318 e. The van der Waals surface area contributed by atoms with E-state index < -0.39 is 11.5 Å². The summed E-state index contributed by atoms with van der Waals surface area (Å²) in [5.74, 6) is -0.151. The maximum absolute atomic E-state index is 12.3. The van der Waals surface area contributed by atoms with Gasteiger partial charge in [0.05, 0.1) is 19.5 Å². The minimum absolute atomic E-state index is 0.125. The van der Waals surface area contributed by atoms with Crippen molar-refractivity contribution in [3.05, 3.63) is 29.8 Å². The zero-order valence-corrected chi connectivity index (χ0v) is 12.3. The summed E-state index contributed by atoms with van der Waals surface area (Å²) in [6.07, 6.45) is -0.125. The number of urea groups is 1. The Bertz CT molecular complexity index is 542. The number of benzene rings is 1. The van der Waals surface area contributed by atoms with E-state index >= 15 is 0 Å². The molecule has 6 heteroatoms. The number of amides is 2. The Kier molecular flexibility index (Phi) is 4.35. The van der Waals surface area contributed by atoms with Crippen LogP contribution in [0.25, 0.3) is 0 Å². The van der Waals surface area contributed by atoms with E-state index in [0.717, 1.165) is 11.3 Å². The lowest BCUT2D eigenvalue weighted by Crippen LogP contribution is -2.51. The molecule has 1 aliphatic rings. The Morgan fingerprint density at radius 3 is 2.81 bits per heavy atom. The number of nitrogens with zero attached hydrogens (tertiary/aromatic N) is 1. The van der Waals surface area contributed by atoms with E-state index in [9.17, 15) is 9.59 Å². The highest BCUT2D eigenvalue weighted by Crippen LogP contribution is 2.22. The molecule has 6 nitrogen and oxygen atoms in total. The largest absolute Gasteiger partial charge is 0.491 e. The Morgan fingerprint density at radius 2 is 2.10 bits per heavy atom. The van der Waals surface area contributed by atoms with Crippen molar-refractivity contribution in [1.29, 1.82) is 0 Å². The molecule has 1 heterocycles. The van der Waals surface area contributed by atoms with Crippen LogP contribution in [0.3, 0.4) is 0 Å². The summed E-state index contributed by atoms with van der Waals surface area (Å²) in [6.45, 7) is 4.72. The molecule has 114 valence electrons. The number of ether oxygens (including phenoxy) is 1. The van der Waals surface area contributed by atoms with E-state index in [0.29, 0.717) is 19.7 Å². The van der Waals surface area contributed by atoms with Gasteiger partial charge in [-0.2, -0.15) is 0 Å². The average molecular weight is 292 g/mol. The van der Waals surface area contributed by atoms with Crippen molar-refractivity contribution < 1.29 is 19.4 Å². The Labute approximate surface area is 123 Å². The number of carboxylic acid groups (broad SMARTS) is 1. The molecule has 0 atom stereocenters. The van der Waals surface area contributed by atoms with Gasteiger partial charge >= 0.3 is 12.0 Å². The first-order valence-electron chi connectivity index (χ1n) is 6.87. The number of carbonyl (C=O) groups is 2. The summed E-state index contributed by atoms with van der Waals surface area (Å²) in [7, 11) is 0. The van der Waals surface area contributed by atoms with Gasteiger partial charge in [0.2, 0.25) is 0 Å². The molecule has 0 bridgehead atoms. The number of aliphatic carboxylic acids is 1. The molecule has 1 aliphatic heterocycles. The van der Waals surface area contributed by atoms with Crippen molar-refractivity contribution in [3.63, 3.8) is 0 Å². The maximum atomic E-state index is 12.3. The summed E-state index contributed by atoms with van der Waals surface area (Å²) in [4.78, 5) is 24.8. The van der Waals surface area contributed by atoms with E-state index in [2.05, 4.69) is 5.32 Å². The van der Waals surface area contributed by atoms with Crippen LogP contribution in [0.2, 0.25) is 0 Å². The summed E-state index contributed by atoms with van der Waals surface area (Å²) >= 11 is 0. The van der Waals surface area contributed by atoms with Crippen molar-refractivity contribution in [1.82, 2.24) is 10.2 Å². The monoisotopic (exact) mass is 292 g/mol. The number of hydrogen-bond acceptors (Lipinski definition) is 3. The van der Waals surface area contributed by atoms with E-state index in [1.54, 1.807) is 18.7 Å². The average Bonchev–Trinajstić information content (AvgIpc) is 2.58. The lowest BCUT2D eigenvalue weighted by Gasteiger charge is -2.29. The van der Waals surface area contributed by atoms with E-state index in [-0.39, 0.29) is 12.5 Å². The molecule has 0 aromatic heterocycles. The first kappa shape index (κ1) is 15.2. The SMILES string of the molecule is CC(C)(CC(=O)O)NC(=O)N1CCOc2ccccc2C1. The number of carbonyl (C=O) groups excluding carboxylic acids is 1. The summed E-state index contributed by atoms with van der Waals surface area (Å²) in [6, 6.07) is 7.32. The summed E-state index contributed by atoms with van der Waals surface area (Å²) in [5, 5.41) is 11.6. The number of carboxylic acids is 1. The van der Waals surface area contributed by atoms with E-state index in [4.69, 9.17) is 9.84 Å². The van der Waals surface area contributed by atoms with Crippen LogP contribution in [-0.2, 0) is 11.3 Å². The minimum Gasteiger partial charge on any atom is -0.491 e. The summed E-state index contributed by atoms with van der Waals surface area (Å²) in [5.41, 5.74) is 0.150. The highest BCUT2D eigenvalue weighted by molar-refractivity contribution is 5.77. The van der Waals surface area contributed by atoms with Gasteiger partial charge in [0, 0.05) is 11.1 Å². The molecule has 1 aromatic rings. The van der Waals surface area contributed by atoms with Crippen LogP contribution in [0.5, 0.6) is 5.75 Å². The van der Waals surface area contributed by atoms with Gasteiger partial charge in [-0.05, 0) is 19.9 Å². The standard InChI is InChI=1S/C15H20N2O4/c1-15(2,9-13(18)19)16-14(20)17-7-8-21-12-6-4-3-5-11(12)10-17/h3-6H,7-10H2,1-2H3,(H,16,20)(H,18,19). The zero-order valence-electron chi connectivity index (χ0n) is 12.3. The van der Waals surface area contributed by atoms with Crippen molar-refractivity contribution in [2.45, 2.75) is 32.4 Å². The minimum atomic E-state index is -0.940. The van der Waals surface area contributed by atoms with Crippen LogP contribution in [0.15, 0.2) is 24.3 Å². The zero-order chi connectivity index (χ0) is 15.5. The summed E-state index contributed by atoms with van der Waals surface area (Å²) < 4.78 is 5.61. The third-order valence-electron chi connectivity index (χ3n) is 3.28. The van der Waals surface area contributed by atoms with Gasteiger partial charge in [-0.1, -0.05) is 18.2 Å². The second-order valence-electron chi connectivity index (χ2n) is 5.76. The number of hydrogen-bond donors (Lipinski definition) is 2. The van der Waals surface area contributed by atoms with Crippen molar-refractivity contribution in [2.75, 3.05) is 13.2 Å². The molecule has 0 spiro atoms. The third kappa shape index (κ3) is 4.11. The van der Waals surface area contributed by atoms with Gasteiger partial charge in [0.25, 0.3) is 0 Å². The fraction of sp³-hybridized carbons (Fsp3) is 0.467. The van der Waals surface area contributed by atoms with Gasteiger partial charge in [0.15, 0.2) is 0 Å². The number of para-hydroxylation sites is 1. The van der Waals surface area contributed by atoms with Gasteiger partial charge < -0.3 is 20.1 Å². The Morgan fingerprint density at radius 1 is 1.38 bits per heavy atom. The molecule has 0 unspecified atom stereocenters. The molecule has 2 rings (SSSR count). The lowest BCUT2D eigenvalue weighted by molar-refractivity contribution is -0.138. The van der Waals surface area contributed by atoms with Crippen LogP contribution >= 0.6 is 0 Å². The topological polar surface area (TPSA) is 78.9 Å².